The van der Waals surface area contributed by atoms with Crippen LogP contribution in [0.4, 0.5) is 0 Å². The largest absolute Gasteiger partial charge is 0.465 e. The third kappa shape index (κ3) is 4.43. The van der Waals surface area contributed by atoms with E-state index in [9.17, 15) is 9.59 Å². The second kappa shape index (κ2) is 8.17. The summed E-state index contributed by atoms with van der Waals surface area (Å²) in [6, 6.07) is 5.42. The van der Waals surface area contributed by atoms with Crippen molar-refractivity contribution >= 4 is 23.2 Å². The van der Waals surface area contributed by atoms with E-state index < -0.39 is 5.97 Å². The SMILES string of the molecule is COC(=O)c1cc(CN(C)C(=O)CCc2nc(-c3cccs3)no2)oc1C. The molecule has 27 heavy (non-hydrogen) atoms. The van der Waals surface area contributed by atoms with Gasteiger partial charge in [0.25, 0.3) is 0 Å². The van der Waals surface area contributed by atoms with E-state index in [4.69, 9.17) is 13.7 Å². The van der Waals surface area contributed by atoms with Crippen LogP contribution in [0.25, 0.3) is 10.7 Å². The summed E-state index contributed by atoms with van der Waals surface area (Å²) in [6.07, 6.45) is 0.582. The van der Waals surface area contributed by atoms with Crippen LogP contribution in [0.2, 0.25) is 0 Å². The number of methoxy groups -OCH3 is 1. The number of hydrogen-bond acceptors (Lipinski definition) is 8. The summed E-state index contributed by atoms with van der Waals surface area (Å²) in [5, 5.41) is 5.86. The molecule has 0 radical (unpaired) electrons. The highest BCUT2D eigenvalue weighted by Crippen LogP contribution is 2.22. The van der Waals surface area contributed by atoms with E-state index >= 15 is 0 Å². The molecule has 0 bridgehead atoms. The van der Waals surface area contributed by atoms with Crippen molar-refractivity contribution in [3.63, 3.8) is 0 Å². The highest BCUT2D eigenvalue weighted by Gasteiger charge is 2.18. The lowest BCUT2D eigenvalue weighted by atomic mass is 10.2. The van der Waals surface area contributed by atoms with Crippen molar-refractivity contribution in [1.82, 2.24) is 15.0 Å². The van der Waals surface area contributed by atoms with Gasteiger partial charge < -0.3 is 18.6 Å². The van der Waals surface area contributed by atoms with Gasteiger partial charge in [0.2, 0.25) is 17.6 Å². The monoisotopic (exact) mass is 389 g/mol. The van der Waals surface area contributed by atoms with E-state index in [0.717, 1.165) is 4.88 Å². The number of rotatable bonds is 7. The van der Waals surface area contributed by atoms with Gasteiger partial charge in [-0.15, -0.1) is 11.3 Å². The number of carbonyl (C=O) groups excluding carboxylic acids is 2. The van der Waals surface area contributed by atoms with Crippen LogP contribution in [0, 0.1) is 6.92 Å². The van der Waals surface area contributed by atoms with Gasteiger partial charge in [0.05, 0.1) is 18.5 Å². The summed E-state index contributed by atoms with van der Waals surface area (Å²) >= 11 is 1.52. The number of nitrogens with zero attached hydrogens (tertiary/aromatic N) is 3. The predicted octanol–water partition coefficient (Wildman–Crippen LogP) is 3.08. The molecule has 0 N–H and O–H groups in total. The number of hydrogen-bond donors (Lipinski definition) is 0. The molecule has 3 heterocycles. The number of amides is 1. The number of carbonyl (C=O) groups is 2. The number of aryl methyl sites for hydroxylation is 2. The molecule has 0 aromatic carbocycles. The van der Waals surface area contributed by atoms with Crippen molar-refractivity contribution in [3.8, 4) is 10.7 Å². The van der Waals surface area contributed by atoms with E-state index in [-0.39, 0.29) is 18.9 Å². The fourth-order valence-electron chi connectivity index (χ4n) is 2.52. The van der Waals surface area contributed by atoms with Gasteiger partial charge in [0, 0.05) is 19.9 Å². The molecule has 0 aliphatic heterocycles. The Kier molecular flexibility index (Phi) is 5.70. The van der Waals surface area contributed by atoms with E-state index in [1.165, 1.54) is 23.3 Å². The Bertz CT molecular complexity index is 929. The maximum Gasteiger partial charge on any atom is 0.341 e. The molecule has 142 valence electrons. The van der Waals surface area contributed by atoms with E-state index in [1.807, 2.05) is 17.5 Å². The fraction of sp³-hybridized carbons (Fsp3) is 0.333. The Morgan fingerprint density at radius 1 is 1.37 bits per heavy atom. The van der Waals surface area contributed by atoms with Crippen molar-refractivity contribution < 1.29 is 23.3 Å². The quantitative estimate of drug-likeness (QED) is 0.573. The summed E-state index contributed by atoms with van der Waals surface area (Å²) in [5.74, 6) is 1.37. The second-order valence-electron chi connectivity index (χ2n) is 5.91. The summed E-state index contributed by atoms with van der Waals surface area (Å²) in [7, 11) is 2.98. The van der Waals surface area contributed by atoms with Gasteiger partial charge in [-0.2, -0.15) is 4.98 Å². The van der Waals surface area contributed by atoms with Crippen LogP contribution in [0.15, 0.2) is 32.5 Å². The van der Waals surface area contributed by atoms with Gasteiger partial charge in [0.15, 0.2) is 0 Å². The standard InChI is InChI=1S/C18H19N3O5S/c1-11-13(18(23)24-3)9-12(25-11)10-21(2)16(22)7-6-15-19-17(20-26-15)14-5-4-8-27-14/h4-5,8-9H,6-7,10H2,1-3H3. The van der Waals surface area contributed by atoms with E-state index in [1.54, 1.807) is 20.0 Å². The van der Waals surface area contributed by atoms with Crippen LogP contribution in [-0.2, 0) is 22.5 Å². The Balaban J connectivity index is 1.54. The molecule has 3 rings (SSSR count). The molecule has 0 atom stereocenters. The Morgan fingerprint density at radius 3 is 2.89 bits per heavy atom. The van der Waals surface area contributed by atoms with Crippen molar-refractivity contribution in [2.75, 3.05) is 14.2 Å². The first-order valence-corrected chi connectivity index (χ1v) is 9.14. The van der Waals surface area contributed by atoms with Gasteiger partial charge in [-0.1, -0.05) is 11.2 Å². The lowest BCUT2D eigenvalue weighted by Gasteiger charge is -2.14. The normalized spacial score (nSPS) is 10.8. The zero-order chi connectivity index (χ0) is 19.4. The molecule has 3 aromatic rings. The van der Waals surface area contributed by atoms with Gasteiger partial charge in [-0.25, -0.2) is 4.79 Å². The third-order valence-corrected chi connectivity index (χ3v) is 4.82. The van der Waals surface area contributed by atoms with E-state index in [2.05, 4.69) is 10.1 Å². The van der Waals surface area contributed by atoms with Crippen LogP contribution < -0.4 is 0 Å². The molecule has 0 fully saturated rings. The molecule has 0 saturated carbocycles. The zero-order valence-corrected chi connectivity index (χ0v) is 16.0. The average molecular weight is 389 g/mol. The molecule has 9 heteroatoms. The second-order valence-corrected chi connectivity index (χ2v) is 6.86. The maximum absolute atomic E-state index is 12.3. The first-order valence-electron chi connectivity index (χ1n) is 8.26. The van der Waals surface area contributed by atoms with Crippen molar-refractivity contribution in [2.45, 2.75) is 26.3 Å². The van der Waals surface area contributed by atoms with Crippen molar-refractivity contribution in [1.29, 1.82) is 0 Å². The molecule has 0 aliphatic rings. The first-order chi connectivity index (χ1) is 13.0. The number of esters is 1. The highest BCUT2D eigenvalue weighted by molar-refractivity contribution is 7.13. The lowest BCUT2D eigenvalue weighted by molar-refractivity contribution is -0.130. The smallest absolute Gasteiger partial charge is 0.341 e. The third-order valence-electron chi connectivity index (χ3n) is 3.96. The van der Waals surface area contributed by atoms with Crippen LogP contribution in [0.3, 0.4) is 0 Å². The van der Waals surface area contributed by atoms with Crippen LogP contribution in [0.5, 0.6) is 0 Å². The highest BCUT2D eigenvalue weighted by atomic mass is 32.1. The molecular weight excluding hydrogens is 370 g/mol. The molecule has 0 saturated heterocycles. The minimum Gasteiger partial charge on any atom is -0.465 e. The summed E-state index contributed by atoms with van der Waals surface area (Å²) in [6.45, 7) is 1.93. The maximum atomic E-state index is 12.3. The van der Waals surface area contributed by atoms with E-state index in [0.29, 0.717) is 35.2 Å². The molecule has 8 nitrogen and oxygen atoms in total. The Labute approximate surface area is 159 Å². The molecule has 0 unspecified atom stereocenters. The summed E-state index contributed by atoms with van der Waals surface area (Å²) in [5.41, 5.74) is 0.361. The average Bonchev–Trinajstić information content (AvgIpc) is 3.39. The Hall–Kier alpha value is -2.94. The molecule has 3 aromatic heterocycles. The zero-order valence-electron chi connectivity index (χ0n) is 15.2. The van der Waals surface area contributed by atoms with Gasteiger partial charge in [-0.3, -0.25) is 4.79 Å². The number of aromatic nitrogens is 2. The van der Waals surface area contributed by atoms with Crippen molar-refractivity contribution in [2.24, 2.45) is 0 Å². The van der Waals surface area contributed by atoms with Crippen LogP contribution >= 0.6 is 11.3 Å². The van der Waals surface area contributed by atoms with Crippen molar-refractivity contribution in [3.05, 3.63) is 46.6 Å². The predicted molar refractivity (Wildman–Crippen MR) is 97.2 cm³/mol. The molecule has 0 aliphatic carbocycles. The Morgan fingerprint density at radius 2 is 2.19 bits per heavy atom. The van der Waals surface area contributed by atoms with Crippen LogP contribution in [0.1, 0.15) is 34.2 Å². The molecular formula is C18H19N3O5S. The number of furan rings is 1. The molecule has 1 amide bonds. The molecule has 0 spiro atoms. The number of ether oxygens (including phenoxy) is 1. The van der Waals surface area contributed by atoms with Gasteiger partial charge >= 0.3 is 5.97 Å². The fourth-order valence-corrected chi connectivity index (χ4v) is 3.17. The van der Waals surface area contributed by atoms with Gasteiger partial charge in [0.1, 0.15) is 17.1 Å². The first kappa shape index (κ1) is 18.8. The minimum absolute atomic E-state index is 0.0976. The topological polar surface area (TPSA) is 98.7 Å². The minimum atomic E-state index is -0.464. The van der Waals surface area contributed by atoms with Crippen LogP contribution in [-0.4, -0.2) is 41.1 Å². The van der Waals surface area contributed by atoms with Gasteiger partial charge in [-0.05, 0) is 24.4 Å². The summed E-state index contributed by atoms with van der Waals surface area (Å²) in [4.78, 5) is 30.7. The lowest BCUT2D eigenvalue weighted by Crippen LogP contribution is -2.26. The summed E-state index contributed by atoms with van der Waals surface area (Å²) < 4.78 is 15.4. The number of thiophene rings is 1.